The summed E-state index contributed by atoms with van der Waals surface area (Å²) in [6.45, 7) is 0. The van der Waals surface area contributed by atoms with Gasteiger partial charge >= 0.3 is 0 Å². The molecule has 6 heteroatoms. The Balaban J connectivity index is 1.84. The van der Waals surface area contributed by atoms with E-state index in [0.717, 1.165) is 0 Å². The summed E-state index contributed by atoms with van der Waals surface area (Å²) in [4.78, 5) is 12.4. The number of thioether (sulfide) groups is 4. The van der Waals surface area contributed by atoms with E-state index in [4.69, 9.17) is 0 Å². The smallest absolute Gasteiger partial charge is 0.0784 e. The standard InChI is InChI=1S/C12H10N2S4/c1-3-17-11-7(15-1)5-13-9(11)10-12-8(6-14-10)16-2-4-18-12/h1,3,5-6,13-14H,2,4H2. The molecule has 0 fully saturated rings. The molecule has 0 unspecified atom stereocenters. The highest BCUT2D eigenvalue weighted by Gasteiger charge is 2.22. The first-order valence-corrected chi connectivity index (χ1v) is 9.33. The Morgan fingerprint density at radius 2 is 1.50 bits per heavy atom. The number of nitrogens with one attached hydrogen (secondary N) is 2. The highest BCUT2D eigenvalue weighted by Crippen LogP contribution is 2.48. The number of aromatic amines is 2. The minimum absolute atomic E-state index is 1.20. The lowest BCUT2D eigenvalue weighted by Crippen LogP contribution is -1.92. The van der Waals surface area contributed by atoms with E-state index in [9.17, 15) is 0 Å². The lowest BCUT2D eigenvalue weighted by atomic mass is 10.3. The second-order valence-electron chi connectivity index (χ2n) is 3.92. The molecular weight excluding hydrogens is 300 g/mol. The molecule has 0 saturated heterocycles. The maximum absolute atomic E-state index is 3.45. The molecule has 4 rings (SSSR count). The molecule has 18 heavy (non-hydrogen) atoms. The fourth-order valence-corrected chi connectivity index (χ4v) is 6.23. The van der Waals surface area contributed by atoms with Gasteiger partial charge in [-0.25, -0.2) is 0 Å². The summed E-state index contributed by atoms with van der Waals surface area (Å²) in [5.74, 6) is 2.42. The van der Waals surface area contributed by atoms with E-state index in [1.807, 2.05) is 23.5 Å². The van der Waals surface area contributed by atoms with E-state index in [0.29, 0.717) is 0 Å². The molecule has 0 saturated carbocycles. The van der Waals surface area contributed by atoms with Gasteiger partial charge in [0.2, 0.25) is 0 Å². The lowest BCUT2D eigenvalue weighted by molar-refractivity contribution is 1.24. The maximum atomic E-state index is 3.45. The van der Waals surface area contributed by atoms with Crippen molar-refractivity contribution >= 4 is 47.0 Å². The molecule has 0 spiro atoms. The Bertz CT molecular complexity index is 626. The fourth-order valence-electron chi connectivity index (χ4n) is 2.10. The van der Waals surface area contributed by atoms with Gasteiger partial charge in [0, 0.05) is 38.6 Å². The highest BCUT2D eigenvalue weighted by molar-refractivity contribution is 8.08. The Morgan fingerprint density at radius 1 is 0.778 bits per heavy atom. The van der Waals surface area contributed by atoms with Crippen molar-refractivity contribution in [2.75, 3.05) is 11.5 Å². The molecule has 0 amide bonds. The van der Waals surface area contributed by atoms with E-state index in [1.54, 1.807) is 23.5 Å². The van der Waals surface area contributed by atoms with E-state index in [2.05, 4.69) is 33.2 Å². The molecule has 0 atom stereocenters. The summed E-state index contributed by atoms with van der Waals surface area (Å²) < 4.78 is 0. The second-order valence-corrected chi connectivity index (χ2v) is 8.02. The van der Waals surface area contributed by atoms with Crippen molar-refractivity contribution in [3.63, 3.8) is 0 Å². The summed E-state index contributed by atoms with van der Waals surface area (Å²) in [5.41, 5.74) is 2.50. The lowest BCUT2D eigenvalue weighted by Gasteiger charge is -2.12. The van der Waals surface area contributed by atoms with Gasteiger partial charge in [-0.15, -0.1) is 23.5 Å². The third-order valence-electron chi connectivity index (χ3n) is 2.87. The number of fused-ring (bicyclic) bond motifs is 2. The van der Waals surface area contributed by atoms with E-state index in [-0.39, 0.29) is 0 Å². The predicted octanol–water partition coefficient (Wildman–Crippen LogP) is 4.88. The van der Waals surface area contributed by atoms with Crippen LogP contribution in [0.15, 0.2) is 42.8 Å². The number of aromatic nitrogens is 2. The summed E-state index contributed by atoms with van der Waals surface area (Å²) in [7, 11) is 0. The van der Waals surface area contributed by atoms with Crippen molar-refractivity contribution in [2.45, 2.75) is 19.6 Å². The molecule has 2 aliphatic rings. The van der Waals surface area contributed by atoms with Crippen LogP contribution in [0, 0.1) is 0 Å². The molecule has 2 aromatic rings. The SMILES string of the molecule is C1=CSc2c(c[nH]c2-c2[nH]cc3c2SCCS3)S1. The van der Waals surface area contributed by atoms with E-state index in [1.165, 1.54) is 42.5 Å². The first-order valence-electron chi connectivity index (χ1n) is 5.60. The molecule has 2 nitrogen and oxygen atoms in total. The van der Waals surface area contributed by atoms with Crippen molar-refractivity contribution in [2.24, 2.45) is 0 Å². The van der Waals surface area contributed by atoms with Gasteiger partial charge in [0.15, 0.2) is 0 Å². The molecule has 92 valence electrons. The largest absolute Gasteiger partial charge is 0.358 e. The zero-order valence-corrected chi connectivity index (χ0v) is 12.6. The molecule has 2 aliphatic heterocycles. The van der Waals surface area contributed by atoms with Crippen LogP contribution in [-0.4, -0.2) is 21.5 Å². The Morgan fingerprint density at radius 3 is 2.44 bits per heavy atom. The van der Waals surface area contributed by atoms with Crippen LogP contribution in [0.1, 0.15) is 0 Å². The molecule has 2 aromatic heterocycles. The van der Waals surface area contributed by atoms with Gasteiger partial charge in [0.1, 0.15) is 0 Å². The highest BCUT2D eigenvalue weighted by atomic mass is 32.2. The minimum Gasteiger partial charge on any atom is -0.358 e. The van der Waals surface area contributed by atoms with Gasteiger partial charge < -0.3 is 9.97 Å². The van der Waals surface area contributed by atoms with Gasteiger partial charge in [-0.3, -0.25) is 0 Å². The molecular formula is C12H10N2S4. The first kappa shape index (κ1) is 11.5. The van der Waals surface area contributed by atoms with Crippen LogP contribution in [0.5, 0.6) is 0 Å². The van der Waals surface area contributed by atoms with Crippen LogP contribution in [0.4, 0.5) is 0 Å². The zero-order valence-electron chi connectivity index (χ0n) is 9.36. The van der Waals surface area contributed by atoms with Crippen LogP contribution in [0.2, 0.25) is 0 Å². The number of rotatable bonds is 1. The number of hydrogen-bond donors (Lipinski definition) is 2. The predicted molar refractivity (Wildman–Crippen MR) is 82.9 cm³/mol. The van der Waals surface area contributed by atoms with Gasteiger partial charge in [-0.2, -0.15) is 0 Å². The van der Waals surface area contributed by atoms with Crippen molar-refractivity contribution in [1.29, 1.82) is 0 Å². The van der Waals surface area contributed by atoms with Crippen molar-refractivity contribution < 1.29 is 0 Å². The molecule has 4 heterocycles. The van der Waals surface area contributed by atoms with Crippen molar-refractivity contribution in [3.05, 3.63) is 23.2 Å². The van der Waals surface area contributed by atoms with E-state index < -0.39 is 0 Å². The molecule has 2 N–H and O–H groups in total. The molecule has 0 radical (unpaired) electrons. The van der Waals surface area contributed by atoms with Crippen LogP contribution >= 0.6 is 47.0 Å². The van der Waals surface area contributed by atoms with Crippen LogP contribution < -0.4 is 0 Å². The Hall–Kier alpha value is -0.300. The third kappa shape index (κ3) is 1.78. The Labute approximate surface area is 122 Å². The van der Waals surface area contributed by atoms with Crippen LogP contribution in [0.25, 0.3) is 11.4 Å². The van der Waals surface area contributed by atoms with Crippen molar-refractivity contribution in [3.8, 4) is 11.4 Å². The Kier molecular flexibility index (Phi) is 2.99. The summed E-state index contributed by atoms with van der Waals surface area (Å²) >= 11 is 7.50. The topological polar surface area (TPSA) is 31.6 Å². The van der Waals surface area contributed by atoms with Crippen LogP contribution in [-0.2, 0) is 0 Å². The van der Waals surface area contributed by atoms with Gasteiger partial charge in [0.05, 0.1) is 16.3 Å². The van der Waals surface area contributed by atoms with Crippen LogP contribution in [0.3, 0.4) is 0 Å². The molecule has 0 bridgehead atoms. The van der Waals surface area contributed by atoms with Gasteiger partial charge in [-0.1, -0.05) is 23.5 Å². The quantitative estimate of drug-likeness (QED) is 0.786. The number of H-pyrrole nitrogens is 2. The molecule has 0 aliphatic carbocycles. The van der Waals surface area contributed by atoms with Gasteiger partial charge in [0.25, 0.3) is 0 Å². The average Bonchev–Trinajstić information content (AvgIpc) is 3.01. The fraction of sp³-hybridized carbons (Fsp3) is 0.167. The summed E-state index contributed by atoms with van der Waals surface area (Å²) in [6, 6.07) is 0. The normalized spacial score (nSPS) is 17.6. The second kappa shape index (κ2) is 4.67. The van der Waals surface area contributed by atoms with Crippen molar-refractivity contribution in [1.82, 2.24) is 9.97 Å². The van der Waals surface area contributed by atoms with Gasteiger partial charge in [-0.05, 0) is 10.8 Å². The first-order chi connectivity index (χ1) is 8.93. The monoisotopic (exact) mass is 310 g/mol. The summed E-state index contributed by atoms with van der Waals surface area (Å²) in [6.07, 6.45) is 4.25. The number of hydrogen-bond acceptors (Lipinski definition) is 4. The molecule has 0 aromatic carbocycles. The van der Waals surface area contributed by atoms with E-state index >= 15 is 0 Å². The summed E-state index contributed by atoms with van der Waals surface area (Å²) in [5, 5.41) is 4.29. The third-order valence-corrected chi connectivity index (χ3v) is 7.50. The average molecular weight is 310 g/mol. The maximum Gasteiger partial charge on any atom is 0.0784 e. The minimum atomic E-state index is 1.20. The zero-order chi connectivity index (χ0) is 11.9.